The lowest BCUT2D eigenvalue weighted by atomic mass is 9.91. The molecule has 0 bridgehead atoms. The van der Waals surface area contributed by atoms with E-state index >= 15 is 0 Å². The van der Waals surface area contributed by atoms with Crippen LogP contribution in [0.1, 0.15) is 65.9 Å². The molecule has 1 saturated heterocycles. The van der Waals surface area contributed by atoms with Crippen molar-refractivity contribution in [2.45, 2.75) is 43.9 Å². The molecule has 38 heavy (non-hydrogen) atoms. The molecular formula is C29H32ClN5O3. The number of aromatic nitrogens is 3. The Bertz CT molecular complexity index is 1360. The third-order valence-electron chi connectivity index (χ3n) is 8.00. The number of carbonyl (C=O) groups is 1. The number of amides is 1. The van der Waals surface area contributed by atoms with Crippen molar-refractivity contribution in [2.24, 2.45) is 7.05 Å². The fraction of sp³-hybridized carbons (Fsp3) is 0.414. The van der Waals surface area contributed by atoms with Gasteiger partial charge in [-0.2, -0.15) is 0 Å². The predicted molar refractivity (Wildman–Crippen MR) is 145 cm³/mol. The molecule has 198 valence electrons. The lowest BCUT2D eigenvalue weighted by molar-refractivity contribution is 0.0433. The maximum atomic E-state index is 12.8. The topological polar surface area (TPSA) is 83.7 Å². The Morgan fingerprint density at radius 1 is 1.16 bits per heavy atom. The molecule has 2 aromatic heterocycles. The maximum absolute atomic E-state index is 12.8. The van der Waals surface area contributed by atoms with Gasteiger partial charge in [-0.05, 0) is 72.2 Å². The molecule has 1 aromatic carbocycles. The highest BCUT2D eigenvalue weighted by molar-refractivity contribution is 6.30. The lowest BCUT2D eigenvalue weighted by Crippen LogP contribution is -2.50. The lowest BCUT2D eigenvalue weighted by Gasteiger charge is -2.39. The van der Waals surface area contributed by atoms with Crippen LogP contribution < -0.4 is 0 Å². The molecule has 3 aliphatic rings. The largest absolute Gasteiger partial charge is 0.446 e. The molecule has 1 saturated carbocycles. The Morgan fingerprint density at radius 3 is 2.68 bits per heavy atom. The molecule has 6 rings (SSSR count). The first-order valence-electron chi connectivity index (χ1n) is 13.3. The van der Waals surface area contributed by atoms with Crippen molar-refractivity contribution in [1.82, 2.24) is 24.3 Å². The van der Waals surface area contributed by atoms with Gasteiger partial charge in [-0.25, -0.2) is 9.78 Å². The van der Waals surface area contributed by atoms with Gasteiger partial charge in [0.2, 0.25) is 0 Å². The van der Waals surface area contributed by atoms with E-state index in [0.29, 0.717) is 36.9 Å². The number of rotatable bonds is 4. The van der Waals surface area contributed by atoms with Crippen molar-refractivity contribution in [1.29, 1.82) is 0 Å². The van der Waals surface area contributed by atoms with Gasteiger partial charge in [-0.3, -0.25) is 9.88 Å². The van der Waals surface area contributed by atoms with Crippen LogP contribution in [-0.2, 0) is 11.8 Å². The summed E-state index contributed by atoms with van der Waals surface area (Å²) in [5, 5.41) is 12.1. The summed E-state index contributed by atoms with van der Waals surface area (Å²) < 4.78 is 7.59. The average molecular weight is 534 g/mol. The number of piperazine rings is 1. The summed E-state index contributed by atoms with van der Waals surface area (Å²) in [6.45, 7) is 2.54. The second-order valence-electron chi connectivity index (χ2n) is 10.4. The SMILES string of the molecule is Cn1cncc1[C@H](O)C1=Cc2cccnc2[C@@H](N2CCN(C(=O)OC3CCCC3)CC2)c2ccc(Cl)cc21. The first-order valence-corrected chi connectivity index (χ1v) is 13.7. The molecule has 9 heteroatoms. The minimum atomic E-state index is -0.895. The minimum Gasteiger partial charge on any atom is -0.446 e. The zero-order chi connectivity index (χ0) is 26.2. The number of ether oxygens (including phenoxy) is 1. The first kappa shape index (κ1) is 25.1. The molecule has 1 amide bonds. The van der Waals surface area contributed by atoms with E-state index in [4.69, 9.17) is 21.3 Å². The van der Waals surface area contributed by atoms with Gasteiger partial charge in [0.1, 0.15) is 12.2 Å². The van der Waals surface area contributed by atoms with Crippen molar-refractivity contribution >= 4 is 29.3 Å². The summed E-state index contributed by atoms with van der Waals surface area (Å²) in [6.07, 6.45) is 10.4. The Balaban J connectivity index is 1.33. The normalized spacial score (nSPS) is 20.9. The van der Waals surface area contributed by atoms with Crippen LogP contribution in [0.15, 0.2) is 49.1 Å². The Morgan fingerprint density at radius 2 is 1.95 bits per heavy atom. The van der Waals surface area contributed by atoms with Gasteiger partial charge in [0.25, 0.3) is 0 Å². The minimum absolute atomic E-state index is 0.0606. The Labute approximate surface area is 227 Å². The summed E-state index contributed by atoms with van der Waals surface area (Å²) in [7, 11) is 1.87. The van der Waals surface area contributed by atoms with E-state index in [1.165, 1.54) is 0 Å². The molecule has 3 aromatic rings. The molecule has 1 N–H and O–H groups in total. The zero-order valence-corrected chi connectivity index (χ0v) is 22.2. The monoisotopic (exact) mass is 533 g/mol. The number of imidazole rings is 1. The Kier molecular flexibility index (Phi) is 6.95. The first-order chi connectivity index (χ1) is 18.5. The van der Waals surface area contributed by atoms with Gasteiger partial charge < -0.3 is 19.3 Å². The fourth-order valence-electron chi connectivity index (χ4n) is 5.96. The number of hydrogen-bond donors (Lipinski definition) is 1. The van der Waals surface area contributed by atoms with E-state index in [1.807, 2.05) is 59.1 Å². The number of carbonyl (C=O) groups excluding carboxylic acids is 1. The van der Waals surface area contributed by atoms with Crippen LogP contribution in [-0.4, -0.2) is 67.8 Å². The van der Waals surface area contributed by atoms with Gasteiger partial charge in [-0.1, -0.05) is 23.7 Å². The number of aliphatic hydroxyl groups excluding tert-OH is 1. The highest BCUT2D eigenvalue weighted by Gasteiger charge is 2.36. The van der Waals surface area contributed by atoms with E-state index in [-0.39, 0.29) is 18.2 Å². The van der Waals surface area contributed by atoms with Gasteiger partial charge in [0.15, 0.2) is 0 Å². The summed E-state index contributed by atoms with van der Waals surface area (Å²) in [6, 6.07) is 9.66. The smallest absolute Gasteiger partial charge is 0.410 e. The van der Waals surface area contributed by atoms with Crippen molar-refractivity contribution in [3.05, 3.63) is 82.2 Å². The molecule has 0 spiro atoms. The van der Waals surface area contributed by atoms with Gasteiger partial charge in [0.05, 0.1) is 30.0 Å². The third kappa shape index (κ3) is 4.72. The molecule has 2 aliphatic carbocycles. The number of hydrogen-bond acceptors (Lipinski definition) is 6. The van der Waals surface area contributed by atoms with Crippen LogP contribution in [0.4, 0.5) is 4.79 Å². The maximum Gasteiger partial charge on any atom is 0.410 e. The van der Waals surface area contributed by atoms with Crippen LogP contribution in [0.25, 0.3) is 11.6 Å². The highest BCUT2D eigenvalue weighted by Crippen LogP contribution is 2.44. The van der Waals surface area contributed by atoms with Gasteiger partial charge in [-0.15, -0.1) is 0 Å². The molecule has 2 atom stereocenters. The van der Waals surface area contributed by atoms with Crippen LogP contribution >= 0.6 is 11.6 Å². The second kappa shape index (κ2) is 10.5. The number of halogens is 1. The van der Waals surface area contributed by atoms with E-state index < -0.39 is 6.10 Å². The summed E-state index contributed by atoms with van der Waals surface area (Å²) >= 11 is 6.51. The highest BCUT2D eigenvalue weighted by atomic mass is 35.5. The van der Waals surface area contributed by atoms with Crippen molar-refractivity contribution in [3.63, 3.8) is 0 Å². The third-order valence-corrected chi connectivity index (χ3v) is 8.23. The molecule has 8 nitrogen and oxygen atoms in total. The molecule has 3 heterocycles. The molecule has 0 unspecified atom stereocenters. The van der Waals surface area contributed by atoms with E-state index in [1.54, 1.807) is 12.5 Å². The predicted octanol–water partition coefficient (Wildman–Crippen LogP) is 4.84. The molecule has 0 radical (unpaired) electrons. The van der Waals surface area contributed by atoms with Crippen LogP contribution in [0.2, 0.25) is 5.02 Å². The van der Waals surface area contributed by atoms with E-state index in [2.05, 4.69) is 9.88 Å². The van der Waals surface area contributed by atoms with Gasteiger partial charge >= 0.3 is 6.09 Å². The second-order valence-corrected chi connectivity index (χ2v) is 10.8. The summed E-state index contributed by atoms with van der Waals surface area (Å²) in [5.74, 6) is 0. The quantitative estimate of drug-likeness (QED) is 0.516. The zero-order valence-electron chi connectivity index (χ0n) is 21.5. The van der Waals surface area contributed by atoms with Crippen molar-refractivity contribution in [3.8, 4) is 0 Å². The summed E-state index contributed by atoms with van der Waals surface area (Å²) in [4.78, 5) is 26.0. The number of fused-ring (bicyclic) bond motifs is 2. The number of pyridine rings is 1. The average Bonchev–Trinajstić information content (AvgIpc) is 3.57. The Hall–Kier alpha value is -3.20. The number of aryl methyl sites for hydroxylation is 1. The van der Waals surface area contributed by atoms with Crippen LogP contribution in [0.5, 0.6) is 0 Å². The number of benzene rings is 1. The summed E-state index contributed by atoms with van der Waals surface area (Å²) in [5.41, 5.74) is 5.23. The number of nitrogens with zero attached hydrogens (tertiary/aromatic N) is 5. The van der Waals surface area contributed by atoms with Crippen molar-refractivity contribution in [2.75, 3.05) is 26.2 Å². The van der Waals surface area contributed by atoms with Crippen LogP contribution in [0, 0.1) is 0 Å². The molecular weight excluding hydrogens is 502 g/mol. The standard InChI is InChI=1S/C29H32ClN5O3/c1-33-18-31-17-25(33)28(36)24-15-19-5-4-10-32-26(19)27(22-9-8-20(30)16-23(22)24)34-11-13-35(14-12-34)29(37)38-21-6-2-3-7-21/h4-5,8-10,15-18,21,27-28,36H,2-3,6-7,11-14H2,1H3/t27-,28+/m0/s1. The number of aliphatic hydroxyl groups is 1. The fourth-order valence-corrected chi connectivity index (χ4v) is 6.13. The van der Waals surface area contributed by atoms with Crippen molar-refractivity contribution < 1.29 is 14.6 Å². The van der Waals surface area contributed by atoms with Crippen LogP contribution in [0.3, 0.4) is 0 Å². The van der Waals surface area contributed by atoms with E-state index in [9.17, 15) is 9.90 Å². The molecule has 1 aliphatic heterocycles. The molecule has 2 fully saturated rings. The van der Waals surface area contributed by atoms with E-state index in [0.717, 1.165) is 53.6 Å². The van der Waals surface area contributed by atoms with Gasteiger partial charge in [0, 0.05) is 44.4 Å².